The fourth-order valence-corrected chi connectivity index (χ4v) is 3.42. The van der Waals surface area contributed by atoms with Crippen molar-refractivity contribution in [1.82, 2.24) is 19.9 Å². The van der Waals surface area contributed by atoms with Crippen LogP contribution in [0.3, 0.4) is 0 Å². The second-order valence-corrected chi connectivity index (χ2v) is 7.60. The number of nitrogens with zero attached hydrogens (tertiary/aromatic N) is 4. The van der Waals surface area contributed by atoms with E-state index in [0.29, 0.717) is 42.5 Å². The van der Waals surface area contributed by atoms with Gasteiger partial charge in [-0.25, -0.2) is 14.8 Å². The van der Waals surface area contributed by atoms with Crippen LogP contribution >= 0.6 is 0 Å². The predicted octanol–water partition coefficient (Wildman–Crippen LogP) is 2.97. The van der Waals surface area contributed by atoms with Gasteiger partial charge in [-0.1, -0.05) is 38.1 Å². The lowest BCUT2D eigenvalue weighted by molar-refractivity contribution is -0.0346. The number of amides is 2. The van der Waals surface area contributed by atoms with Gasteiger partial charge >= 0.3 is 6.03 Å². The summed E-state index contributed by atoms with van der Waals surface area (Å²) in [7, 11) is 0. The lowest BCUT2D eigenvalue weighted by Crippen LogP contribution is -2.49. The Morgan fingerprint density at radius 3 is 2.77 bits per heavy atom. The average Bonchev–Trinajstić information content (AvgIpc) is 2.77. The summed E-state index contributed by atoms with van der Waals surface area (Å²) in [6, 6.07) is 9.78. The topological polar surface area (TPSA) is 103 Å². The number of urea groups is 1. The molecule has 8 heteroatoms. The average molecular weight is 407 g/mol. The molecule has 1 fully saturated rings. The Balaban J connectivity index is 1.60. The normalized spacial score (nSPS) is 16.8. The van der Waals surface area contributed by atoms with Crippen molar-refractivity contribution in [2.45, 2.75) is 25.9 Å². The summed E-state index contributed by atoms with van der Waals surface area (Å²) < 4.78 is 11.7. The highest BCUT2D eigenvalue weighted by Crippen LogP contribution is 2.28. The number of primary amides is 1. The summed E-state index contributed by atoms with van der Waals surface area (Å²) in [6.07, 6.45) is 2.97. The maximum Gasteiger partial charge on any atom is 0.314 e. The standard InChI is InChI=1S/C22H25N5O3/c1-14(2)15-3-5-16(6-4-15)18-11-19-20(25-8-7-24-19)21(26-18)30-13-17-12-27(22(23)28)9-10-29-17/h3-8,11,14,17H,9-10,12-13H2,1-2H3,(H2,23,28)/t17-/m0/s1. The van der Waals surface area contributed by atoms with E-state index in [1.165, 1.54) is 5.56 Å². The fraction of sp³-hybridized carbons (Fsp3) is 0.364. The van der Waals surface area contributed by atoms with Crippen molar-refractivity contribution >= 4 is 17.1 Å². The number of nitrogens with two attached hydrogens (primary N) is 1. The van der Waals surface area contributed by atoms with E-state index in [4.69, 9.17) is 20.2 Å². The molecule has 0 radical (unpaired) electrons. The smallest absolute Gasteiger partial charge is 0.314 e. The highest BCUT2D eigenvalue weighted by molar-refractivity contribution is 5.83. The number of benzene rings is 1. The van der Waals surface area contributed by atoms with Crippen LogP contribution in [0.1, 0.15) is 25.3 Å². The maximum atomic E-state index is 11.4. The number of hydrogen-bond donors (Lipinski definition) is 1. The van der Waals surface area contributed by atoms with Gasteiger partial charge in [-0.05, 0) is 17.5 Å². The number of hydrogen-bond acceptors (Lipinski definition) is 6. The molecule has 2 aromatic heterocycles. The first-order chi connectivity index (χ1) is 14.5. The minimum atomic E-state index is -0.454. The highest BCUT2D eigenvalue weighted by atomic mass is 16.5. The number of carbonyl (C=O) groups is 1. The van der Waals surface area contributed by atoms with Crippen molar-refractivity contribution in [3.63, 3.8) is 0 Å². The quantitative estimate of drug-likeness (QED) is 0.697. The Morgan fingerprint density at radius 2 is 2.03 bits per heavy atom. The highest BCUT2D eigenvalue weighted by Gasteiger charge is 2.24. The minimum absolute atomic E-state index is 0.234. The Bertz CT molecular complexity index is 1040. The van der Waals surface area contributed by atoms with Crippen LogP contribution in [0.2, 0.25) is 0 Å². The first-order valence-corrected chi connectivity index (χ1v) is 10.0. The molecule has 3 aromatic rings. The molecule has 0 spiro atoms. The molecule has 1 aromatic carbocycles. The Kier molecular flexibility index (Phi) is 5.76. The van der Waals surface area contributed by atoms with Gasteiger partial charge in [0.15, 0.2) is 5.52 Å². The molecule has 3 heterocycles. The lowest BCUT2D eigenvalue weighted by atomic mass is 10.0. The number of ether oxygens (including phenoxy) is 2. The number of rotatable bonds is 5. The largest absolute Gasteiger partial charge is 0.473 e. The molecular formula is C22H25N5O3. The van der Waals surface area contributed by atoms with E-state index in [1.54, 1.807) is 17.3 Å². The predicted molar refractivity (Wildman–Crippen MR) is 113 cm³/mol. The number of carbonyl (C=O) groups excluding carboxylic acids is 1. The third-order valence-electron chi connectivity index (χ3n) is 5.15. The van der Waals surface area contributed by atoms with E-state index < -0.39 is 6.03 Å². The first kappa shape index (κ1) is 20.0. The summed E-state index contributed by atoms with van der Waals surface area (Å²) >= 11 is 0. The van der Waals surface area contributed by atoms with Gasteiger partial charge in [0.2, 0.25) is 5.88 Å². The Labute approximate surface area is 175 Å². The van der Waals surface area contributed by atoms with E-state index in [9.17, 15) is 4.79 Å². The van der Waals surface area contributed by atoms with Crippen LogP contribution in [-0.2, 0) is 4.74 Å². The molecule has 0 bridgehead atoms. The second kappa shape index (κ2) is 8.62. The van der Waals surface area contributed by atoms with Crippen molar-refractivity contribution < 1.29 is 14.3 Å². The molecule has 0 saturated carbocycles. The number of pyridine rings is 1. The van der Waals surface area contributed by atoms with E-state index in [0.717, 1.165) is 11.3 Å². The molecule has 1 aliphatic rings. The Morgan fingerprint density at radius 1 is 1.27 bits per heavy atom. The molecule has 156 valence electrons. The first-order valence-electron chi connectivity index (χ1n) is 10.0. The lowest BCUT2D eigenvalue weighted by Gasteiger charge is -2.31. The van der Waals surface area contributed by atoms with Crippen molar-refractivity contribution in [2.75, 3.05) is 26.3 Å². The third-order valence-corrected chi connectivity index (χ3v) is 5.15. The van der Waals surface area contributed by atoms with Crippen molar-refractivity contribution in [3.05, 3.63) is 48.3 Å². The second-order valence-electron chi connectivity index (χ2n) is 7.60. The van der Waals surface area contributed by atoms with Gasteiger partial charge < -0.3 is 20.1 Å². The molecule has 4 rings (SSSR count). The fourth-order valence-electron chi connectivity index (χ4n) is 3.42. The van der Waals surface area contributed by atoms with Gasteiger partial charge in [0, 0.05) is 24.5 Å². The van der Waals surface area contributed by atoms with Gasteiger partial charge in [-0.15, -0.1) is 0 Å². The molecule has 1 aliphatic heterocycles. The zero-order valence-corrected chi connectivity index (χ0v) is 17.1. The van der Waals surface area contributed by atoms with Crippen LogP contribution in [0.4, 0.5) is 4.79 Å². The zero-order valence-electron chi connectivity index (χ0n) is 17.1. The van der Waals surface area contributed by atoms with Crippen molar-refractivity contribution in [2.24, 2.45) is 5.73 Å². The van der Waals surface area contributed by atoms with Crippen molar-refractivity contribution in [3.8, 4) is 17.1 Å². The van der Waals surface area contributed by atoms with Crippen LogP contribution < -0.4 is 10.5 Å². The number of aromatic nitrogens is 3. The van der Waals surface area contributed by atoms with Crippen LogP contribution in [0.25, 0.3) is 22.3 Å². The summed E-state index contributed by atoms with van der Waals surface area (Å²) in [5.74, 6) is 0.854. The molecule has 2 N–H and O–H groups in total. The van der Waals surface area contributed by atoms with Crippen molar-refractivity contribution in [1.29, 1.82) is 0 Å². The van der Waals surface area contributed by atoms with E-state index >= 15 is 0 Å². The number of fused-ring (bicyclic) bond motifs is 1. The van der Waals surface area contributed by atoms with E-state index in [-0.39, 0.29) is 12.7 Å². The van der Waals surface area contributed by atoms with Gasteiger partial charge in [0.1, 0.15) is 12.7 Å². The van der Waals surface area contributed by atoms with Gasteiger partial charge in [-0.2, -0.15) is 0 Å². The SMILES string of the molecule is CC(C)c1ccc(-c2cc3nccnc3c(OC[C@@H]3CN(C(N)=O)CCO3)n2)cc1. The van der Waals surface area contributed by atoms with E-state index in [2.05, 4.69) is 48.1 Å². The monoisotopic (exact) mass is 407 g/mol. The minimum Gasteiger partial charge on any atom is -0.473 e. The summed E-state index contributed by atoms with van der Waals surface area (Å²) in [4.78, 5) is 26.5. The van der Waals surface area contributed by atoms with Gasteiger partial charge in [-0.3, -0.25) is 4.98 Å². The molecule has 2 amide bonds. The Hall–Kier alpha value is -3.26. The van der Waals surface area contributed by atoms with Crippen LogP contribution in [0.5, 0.6) is 5.88 Å². The molecule has 8 nitrogen and oxygen atoms in total. The molecule has 1 saturated heterocycles. The molecule has 1 atom stereocenters. The molecule has 30 heavy (non-hydrogen) atoms. The summed E-state index contributed by atoms with van der Waals surface area (Å²) in [5.41, 5.74) is 9.68. The van der Waals surface area contributed by atoms with Crippen LogP contribution in [-0.4, -0.2) is 58.3 Å². The van der Waals surface area contributed by atoms with E-state index in [1.807, 2.05) is 6.07 Å². The summed E-state index contributed by atoms with van der Waals surface area (Å²) in [6.45, 7) is 5.86. The number of morpholine rings is 1. The molecular weight excluding hydrogens is 382 g/mol. The maximum absolute atomic E-state index is 11.4. The molecule has 0 unspecified atom stereocenters. The molecule has 0 aliphatic carbocycles. The van der Waals surface area contributed by atoms with Crippen LogP contribution in [0, 0.1) is 0 Å². The summed E-state index contributed by atoms with van der Waals surface area (Å²) in [5, 5.41) is 0. The van der Waals surface area contributed by atoms with Crippen LogP contribution in [0.15, 0.2) is 42.7 Å². The van der Waals surface area contributed by atoms with Gasteiger partial charge in [0.05, 0.1) is 24.4 Å². The third kappa shape index (κ3) is 4.33. The zero-order chi connectivity index (χ0) is 21.1. The van der Waals surface area contributed by atoms with Gasteiger partial charge in [0.25, 0.3) is 0 Å².